The van der Waals surface area contributed by atoms with E-state index in [1.165, 1.54) is 12.0 Å². The number of aliphatic hydroxyl groups excluding tert-OH is 1. The Bertz CT molecular complexity index is 1360. The Kier molecular flexibility index (Phi) is 6.64. The van der Waals surface area contributed by atoms with Crippen molar-refractivity contribution in [3.8, 4) is 11.5 Å². The molecule has 188 valence electrons. The molecule has 1 N–H and O–H groups in total. The first-order valence-corrected chi connectivity index (χ1v) is 12.2. The second kappa shape index (κ2) is 9.87. The molecule has 0 spiro atoms. The van der Waals surface area contributed by atoms with Crippen molar-refractivity contribution in [1.82, 2.24) is 4.90 Å². The Morgan fingerprint density at radius 3 is 2.75 bits per heavy atom. The molecule has 2 atom stereocenters. The highest BCUT2D eigenvalue weighted by atomic mass is 35.5. The molecule has 1 saturated heterocycles. The highest BCUT2D eigenvalue weighted by Crippen LogP contribution is 2.42. The van der Waals surface area contributed by atoms with Crippen LogP contribution in [-0.2, 0) is 9.53 Å². The van der Waals surface area contributed by atoms with E-state index >= 15 is 0 Å². The Morgan fingerprint density at radius 2 is 2.03 bits per heavy atom. The van der Waals surface area contributed by atoms with Gasteiger partial charge in [-0.25, -0.2) is 0 Å². The van der Waals surface area contributed by atoms with E-state index < -0.39 is 23.5 Å². The minimum absolute atomic E-state index is 0.00323. The molecule has 2 unspecified atom stereocenters. The van der Waals surface area contributed by atoms with E-state index in [0.29, 0.717) is 46.3 Å². The molecule has 0 saturated carbocycles. The third kappa shape index (κ3) is 4.31. The van der Waals surface area contributed by atoms with Crippen LogP contribution in [0.4, 0.5) is 0 Å². The molecule has 9 heteroatoms. The molecule has 1 aromatic heterocycles. The molecule has 8 nitrogen and oxygen atoms in total. The molecule has 2 aromatic carbocycles. The van der Waals surface area contributed by atoms with Crippen molar-refractivity contribution in [1.29, 1.82) is 0 Å². The number of fused-ring (bicyclic) bond motifs is 1. The van der Waals surface area contributed by atoms with E-state index in [2.05, 4.69) is 0 Å². The third-order valence-corrected chi connectivity index (χ3v) is 6.71. The van der Waals surface area contributed by atoms with Crippen molar-refractivity contribution in [2.24, 2.45) is 0 Å². The minimum Gasteiger partial charge on any atom is -0.503 e. The first kappa shape index (κ1) is 24.2. The first-order chi connectivity index (χ1) is 17.4. The van der Waals surface area contributed by atoms with Crippen LogP contribution in [0.3, 0.4) is 0 Å². The molecular weight excluding hydrogens is 486 g/mol. The number of furan rings is 1. The summed E-state index contributed by atoms with van der Waals surface area (Å²) in [6.45, 7) is 3.16. The number of amides is 1. The molecule has 0 bridgehead atoms. The normalized spacial score (nSPS) is 20.0. The van der Waals surface area contributed by atoms with E-state index in [1.54, 1.807) is 42.5 Å². The predicted octanol–water partition coefficient (Wildman–Crippen LogP) is 5.25. The molecule has 1 fully saturated rings. The fourth-order valence-corrected chi connectivity index (χ4v) is 5.00. The van der Waals surface area contributed by atoms with Gasteiger partial charge in [0.15, 0.2) is 23.0 Å². The lowest BCUT2D eigenvalue weighted by molar-refractivity contribution is -0.131. The number of ketones is 1. The lowest BCUT2D eigenvalue weighted by Gasteiger charge is -2.29. The summed E-state index contributed by atoms with van der Waals surface area (Å²) < 4.78 is 22.7. The van der Waals surface area contributed by atoms with Crippen molar-refractivity contribution >= 4 is 34.3 Å². The summed E-state index contributed by atoms with van der Waals surface area (Å²) in [5, 5.41) is 12.1. The smallest absolute Gasteiger partial charge is 0.290 e. The third-order valence-electron chi connectivity index (χ3n) is 6.48. The van der Waals surface area contributed by atoms with Crippen molar-refractivity contribution < 1.29 is 33.3 Å². The summed E-state index contributed by atoms with van der Waals surface area (Å²) in [5.74, 6) is -0.825. The number of methoxy groups -OCH3 is 1. The largest absolute Gasteiger partial charge is 0.503 e. The molecule has 1 amide bonds. The monoisotopic (exact) mass is 511 g/mol. The molecular formula is C27H26ClNO7. The van der Waals surface area contributed by atoms with Gasteiger partial charge in [0, 0.05) is 23.6 Å². The van der Waals surface area contributed by atoms with Gasteiger partial charge in [-0.3, -0.25) is 9.59 Å². The zero-order valence-corrected chi connectivity index (χ0v) is 20.7. The summed E-state index contributed by atoms with van der Waals surface area (Å²) in [6.07, 6.45) is 1.50. The van der Waals surface area contributed by atoms with Crippen LogP contribution in [-0.4, -0.2) is 54.7 Å². The highest BCUT2D eigenvalue weighted by Gasteiger charge is 2.45. The van der Waals surface area contributed by atoms with Gasteiger partial charge in [0.1, 0.15) is 5.58 Å². The fraction of sp³-hybridized carbons (Fsp3) is 0.333. The number of hydrogen-bond donors (Lipinski definition) is 1. The van der Waals surface area contributed by atoms with Crippen LogP contribution in [0, 0.1) is 0 Å². The first-order valence-electron chi connectivity index (χ1n) is 11.8. The van der Waals surface area contributed by atoms with Gasteiger partial charge in [-0.05, 0) is 61.7 Å². The zero-order valence-electron chi connectivity index (χ0n) is 20.0. The number of carbonyl (C=O) groups excluding carboxylic acids is 2. The van der Waals surface area contributed by atoms with Gasteiger partial charge in [-0.15, -0.1) is 0 Å². The average Bonchev–Trinajstić information content (AvgIpc) is 3.59. The number of nitrogens with zero attached hydrogens (tertiary/aromatic N) is 1. The number of hydrogen-bond acceptors (Lipinski definition) is 7. The predicted molar refractivity (Wildman–Crippen MR) is 133 cm³/mol. The van der Waals surface area contributed by atoms with Crippen molar-refractivity contribution in [2.45, 2.75) is 31.9 Å². The number of halogens is 1. The van der Waals surface area contributed by atoms with Crippen LogP contribution in [0.2, 0.25) is 5.02 Å². The highest BCUT2D eigenvalue weighted by molar-refractivity contribution is 6.31. The van der Waals surface area contributed by atoms with Crippen molar-refractivity contribution in [3.05, 3.63) is 70.1 Å². The summed E-state index contributed by atoms with van der Waals surface area (Å²) >= 11 is 6.08. The standard InChI is InChI=1S/C27H26ClNO7/c1-3-34-20-8-6-15(12-21(20)33-2)24-23(26(31)27(32)29(24)14-18-5-4-10-35-18)25(30)22-13-16-11-17(28)7-9-19(16)36-22/h6-9,11-13,18,24,31H,3-5,10,14H2,1-2H3. The van der Waals surface area contributed by atoms with Gasteiger partial charge in [-0.2, -0.15) is 0 Å². The maximum atomic E-state index is 13.7. The molecule has 36 heavy (non-hydrogen) atoms. The van der Waals surface area contributed by atoms with Crippen LogP contribution in [0.1, 0.15) is 41.9 Å². The molecule has 2 aliphatic rings. The van der Waals surface area contributed by atoms with Gasteiger partial charge < -0.3 is 28.6 Å². The topological polar surface area (TPSA) is 98.4 Å². The van der Waals surface area contributed by atoms with Crippen LogP contribution < -0.4 is 9.47 Å². The minimum atomic E-state index is -0.865. The fourth-order valence-electron chi connectivity index (χ4n) is 4.82. The number of rotatable bonds is 8. The van der Waals surface area contributed by atoms with Gasteiger partial charge >= 0.3 is 0 Å². The van der Waals surface area contributed by atoms with E-state index in [-0.39, 0.29) is 24.0 Å². The number of ether oxygens (including phenoxy) is 3. The summed E-state index contributed by atoms with van der Waals surface area (Å²) in [4.78, 5) is 28.5. The van der Waals surface area contributed by atoms with E-state index in [4.69, 9.17) is 30.2 Å². The number of aliphatic hydroxyl groups is 1. The molecule has 0 aliphatic carbocycles. The Balaban J connectivity index is 1.59. The summed E-state index contributed by atoms with van der Waals surface area (Å²) in [6, 6.07) is 10.9. The number of benzene rings is 2. The molecule has 2 aliphatic heterocycles. The summed E-state index contributed by atoms with van der Waals surface area (Å²) in [5.41, 5.74) is 1.00. The quantitative estimate of drug-likeness (QED) is 0.412. The lowest BCUT2D eigenvalue weighted by atomic mass is 9.94. The van der Waals surface area contributed by atoms with Gasteiger partial charge in [0.2, 0.25) is 5.78 Å². The van der Waals surface area contributed by atoms with Crippen LogP contribution in [0.15, 0.2) is 58.2 Å². The summed E-state index contributed by atoms with van der Waals surface area (Å²) in [7, 11) is 1.52. The van der Waals surface area contributed by atoms with Gasteiger partial charge in [0.25, 0.3) is 5.91 Å². The van der Waals surface area contributed by atoms with Gasteiger partial charge in [-0.1, -0.05) is 17.7 Å². The SMILES string of the molecule is CCOc1ccc(C2C(C(=O)c3cc4cc(Cl)ccc4o3)=C(O)C(=O)N2CC2CCCO2)cc1OC. The zero-order chi connectivity index (χ0) is 25.4. The Hall–Kier alpha value is -3.49. The second-order valence-electron chi connectivity index (χ2n) is 8.72. The van der Waals surface area contributed by atoms with Gasteiger partial charge in [0.05, 0.1) is 31.4 Å². The van der Waals surface area contributed by atoms with Crippen molar-refractivity contribution in [3.63, 3.8) is 0 Å². The Labute approximate surface area is 213 Å². The lowest BCUT2D eigenvalue weighted by Crippen LogP contribution is -2.37. The van der Waals surface area contributed by atoms with Crippen LogP contribution in [0.25, 0.3) is 11.0 Å². The number of Topliss-reactive ketones (excluding diaryl/α,β-unsaturated/α-hetero) is 1. The second-order valence-corrected chi connectivity index (χ2v) is 9.16. The van der Waals surface area contributed by atoms with Crippen LogP contribution >= 0.6 is 11.6 Å². The Morgan fingerprint density at radius 1 is 1.19 bits per heavy atom. The maximum Gasteiger partial charge on any atom is 0.290 e. The van der Waals surface area contributed by atoms with E-state index in [9.17, 15) is 14.7 Å². The number of carbonyl (C=O) groups is 2. The average molecular weight is 512 g/mol. The molecule has 3 aromatic rings. The van der Waals surface area contributed by atoms with Crippen LogP contribution in [0.5, 0.6) is 11.5 Å². The molecule has 3 heterocycles. The van der Waals surface area contributed by atoms with E-state index in [0.717, 1.165) is 12.8 Å². The molecule has 0 radical (unpaired) electrons. The molecule has 5 rings (SSSR count). The maximum absolute atomic E-state index is 13.7. The van der Waals surface area contributed by atoms with E-state index in [1.807, 2.05) is 6.92 Å². The van der Waals surface area contributed by atoms with Crippen molar-refractivity contribution in [2.75, 3.05) is 26.9 Å².